The van der Waals surface area contributed by atoms with Gasteiger partial charge in [0.1, 0.15) is 0 Å². The normalized spacial score (nSPS) is 11.5. The molecule has 0 saturated heterocycles. The molecule has 0 bridgehead atoms. The van der Waals surface area contributed by atoms with E-state index in [9.17, 15) is 13.2 Å². The van der Waals surface area contributed by atoms with Crippen molar-refractivity contribution in [3.05, 3.63) is 35.9 Å². The summed E-state index contributed by atoms with van der Waals surface area (Å²) in [6, 6.07) is 7.01. The van der Waals surface area contributed by atoms with Crippen LogP contribution >= 0.6 is 0 Å². The minimum Gasteiger partial charge on any atom is -0.166 e. The molecule has 0 amide bonds. The van der Waals surface area contributed by atoms with Gasteiger partial charge in [-0.2, -0.15) is 13.2 Å². The Morgan fingerprint density at radius 2 is 2.00 bits per heavy atom. The van der Waals surface area contributed by atoms with E-state index in [0.29, 0.717) is 0 Å². The second kappa shape index (κ2) is 2.33. The zero-order valence-corrected chi connectivity index (χ0v) is 4.94. The first-order valence-electron chi connectivity index (χ1n) is 2.64. The van der Waals surface area contributed by atoms with Gasteiger partial charge in [-0.05, 0) is 18.2 Å². The summed E-state index contributed by atoms with van der Waals surface area (Å²) >= 11 is 0. The van der Waals surface area contributed by atoms with Crippen LogP contribution in [0.5, 0.6) is 0 Å². The first-order chi connectivity index (χ1) is 4.61. The smallest absolute Gasteiger partial charge is 0.166 e. The van der Waals surface area contributed by atoms with Crippen molar-refractivity contribution in [2.75, 3.05) is 0 Å². The van der Waals surface area contributed by atoms with Crippen LogP contribution in [0.1, 0.15) is 5.56 Å². The number of alkyl halides is 3. The molecule has 0 aliphatic carbocycles. The Hall–Kier alpha value is -0.990. The van der Waals surface area contributed by atoms with Crippen molar-refractivity contribution in [1.82, 2.24) is 0 Å². The maximum absolute atomic E-state index is 11.8. The largest absolute Gasteiger partial charge is 0.416 e. The van der Waals surface area contributed by atoms with Gasteiger partial charge in [-0.15, -0.1) is 0 Å². The van der Waals surface area contributed by atoms with Crippen LogP contribution in [0.3, 0.4) is 0 Å². The molecule has 0 spiro atoms. The Bertz CT molecular complexity index is 200. The zero-order valence-electron chi connectivity index (χ0n) is 4.94. The van der Waals surface area contributed by atoms with Crippen molar-refractivity contribution >= 4 is 0 Å². The lowest BCUT2D eigenvalue weighted by Gasteiger charge is -2.03. The average Bonchev–Trinajstić information content (AvgIpc) is 1.88. The molecule has 0 fully saturated rings. The van der Waals surface area contributed by atoms with Crippen LogP contribution in [0.2, 0.25) is 0 Å². The summed E-state index contributed by atoms with van der Waals surface area (Å²) in [5.41, 5.74) is -0.657. The lowest BCUT2D eigenvalue weighted by molar-refractivity contribution is -0.137. The van der Waals surface area contributed by atoms with Crippen molar-refractivity contribution in [3.8, 4) is 0 Å². The van der Waals surface area contributed by atoms with E-state index in [1.54, 1.807) is 0 Å². The van der Waals surface area contributed by atoms with E-state index in [1.807, 2.05) is 0 Å². The molecule has 0 aliphatic heterocycles. The highest BCUT2D eigenvalue weighted by Crippen LogP contribution is 2.28. The summed E-state index contributed by atoms with van der Waals surface area (Å²) in [6.07, 6.45) is -4.24. The third kappa shape index (κ3) is 1.50. The van der Waals surface area contributed by atoms with Gasteiger partial charge in [0.05, 0.1) is 5.56 Å². The molecule has 53 valence electrons. The molecular formula is C7H4F3. The SMILES string of the molecule is FC(F)(F)c1c[c]ccc1. The molecule has 0 N–H and O–H groups in total. The molecule has 3 heteroatoms. The van der Waals surface area contributed by atoms with Crippen LogP contribution < -0.4 is 0 Å². The predicted octanol–water partition coefficient (Wildman–Crippen LogP) is 2.51. The van der Waals surface area contributed by atoms with Crippen LogP contribution in [0, 0.1) is 6.07 Å². The second-order valence-electron chi connectivity index (χ2n) is 1.79. The summed E-state index contributed by atoms with van der Waals surface area (Å²) in [5, 5.41) is 0. The fraction of sp³-hybridized carbons (Fsp3) is 0.143. The zero-order chi connectivity index (χ0) is 7.61. The molecule has 0 aromatic heterocycles. The van der Waals surface area contributed by atoms with Crippen LogP contribution in [0.15, 0.2) is 24.3 Å². The molecule has 0 atom stereocenters. The molecule has 0 unspecified atom stereocenters. The predicted molar refractivity (Wildman–Crippen MR) is 30.3 cm³/mol. The van der Waals surface area contributed by atoms with Gasteiger partial charge >= 0.3 is 6.18 Å². The summed E-state index contributed by atoms with van der Waals surface area (Å²) in [5.74, 6) is 0. The molecule has 1 rings (SSSR count). The van der Waals surface area contributed by atoms with Crippen molar-refractivity contribution in [3.63, 3.8) is 0 Å². The van der Waals surface area contributed by atoms with E-state index in [0.717, 1.165) is 12.1 Å². The summed E-state index contributed by atoms with van der Waals surface area (Å²) in [7, 11) is 0. The molecule has 0 saturated carbocycles. The highest BCUT2D eigenvalue weighted by Gasteiger charge is 2.29. The number of rotatable bonds is 0. The molecule has 10 heavy (non-hydrogen) atoms. The maximum Gasteiger partial charge on any atom is 0.416 e. The van der Waals surface area contributed by atoms with Gasteiger partial charge < -0.3 is 0 Å². The van der Waals surface area contributed by atoms with E-state index in [2.05, 4.69) is 6.07 Å². The van der Waals surface area contributed by atoms with Gasteiger partial charge in [-0.25, -0.2) is 0 Å². The topological polar surface area (TPSA) is 0 Å². The van der Waals surface area contributed by atoms with Crippen LogP contribution in [-0.4, -0.2) is 0 Å². The number of benzene rings is 1. The van der Waals surface area contributed by atoms with Gasteiger partial charge in [0.2, 0.25) is 0 Å². The van der Waals surface area contributed by atoms with Crippen LogP contribution in [0.25, 0.3) is 0 Å². The monoisotopic (exact) mass is 145 g/mol. The van der Waals surface area contributed by atoms with Gasteiger partial charge in [0.15, 0.2) is 0 Å². The summed E-state index contributed by atoms with van der Waals surface area (Å²) < 4.78 is 35.3. The molecule has 0 nitrogen and oxygen atoms in total. The molecule has 0 heterocycles. The minimum absolute atomic E-state index is 0.657. The molecule has 1 aromatic rings. The fourth-order valence-corrected chi connectivity index (χ4v) is 0.570. The van der Waals surface area contributed by atoms with Crippen LogP contribution in [-0.2, 0) is 6.18 Å². The Kier molecular flexibility index (Phi) is 1.66. The Labute approximate surface area is 56.3 Å². The van der Waals surface area contributed by atoms with E-state index >= 15 is 0 Å². The number of hydrogen-bond acceptors (Lipinski definition) is 0. The lowest BCUT2D eigenvalue weighted by Crippen LogP contribution is -2.03. The second-order valence-corrected chi connectivity index (χ2v) is 1.79. The van der Waals surface area contributed by atoms with E-state index < -0.39 is 11.7 Å². The van der Waals surface area contributed by atoms with E-state index in [4.69, 9.17) is 0 Å². The molecule has 0 aliphatic rings. The number of halogens is 3. The highest BCUT2D eigenvalue weighted by atomic mass is 19.4. The quantitative estimate of drug-likeness (QED) is 0.526. The third-order valence-electron chi connectivity index (χ3n) is 1.03. The lowest BCUT2D eigenvalue weighted by atomic mass is 10.2. The van der Waals surface area contributed by atoms with Gasteiger partial charge in [0.25, 0.3) is 0 Å². The first-order valence-corrected chi connectivity index (χ1v) is 2.64. The maximum atomic E-state index is 11.8. The van der Waals surface area contributed by atoms with Crippen molar-refractivity contribution < 1.29 is 13.2 Å². The first kappa shape index (κ1) is 7.12. The summed E-state index contributed by atoms with van der Waals surface area (Å²) in [4.78, 5) is 0. The standard InChI is InChI=1S/C7H4F3/c8-7(9,10)6-4-2-1-3-5-6/h1-2,4-5H. The fourth-order valence-electron chi connectivity index (χ4n) is 0.570. The van der Waals surface area contributed by atoms with E-state index in [1.165, 1.54) is 12.1 Å². The van der Waals surface area contributed by atoms with E-state index in [-0.39, 0.29) is 0 Å². The Balaban J connectivity index is 2.97. The Morgan fingerprint density at radius 3 is 2.30 bits per heavy atom. The van der Waals surface area contributed by atoms with Crippen molar-refractivity contribution in [2.24, 2.45) is 0 Å². The number of hydrogen-bond donors (Lipinski definition) is 0. The van der Waals surface area contributed by atoms with Crippen molar-refractivity contribution in [2.45, 2.75) is 6.18 Å². The molecule has 1 aromatic carbocycles. The summed E-state index contributed by atoms with van der Waals surface area (Å²) in [6.45, 7) is 0. The van der Waals surface area contributed by atoms with Gasteiger partial charge in [-0.1, -0.05) is 12.1 Å². The molecule has 1 radical (unpaired) electrons. The molecular weight excluding hydrogens is 141 g/mol. The van der Waals surface area contributed by atoms with Crippen LogP contribution in [0.4, 0.5) is 13.2 Å². The minimum atomic E-state index is -4.24. The average molecular weight is 145 g/mol. The third-order valence-corrected chi connectivity index (χ3v) is 1.03. The van der Waals surface area contributed by atoms with Crippen molar-refractivity contribution in [1.29, 1.82) is 0 Å². The Morgan fingerprint density at radius 1 is 1.30 bits per heavy atom. The van der Waals surface area contributed by atoms with Gasteiger partial charge in [-0.3, -0.25) is 0 Å². The highest BCUT2D eigenvalue weighted by molar-refractivity contribution is 5.16. The van der Waals surface area contributed by atoms with Gasteiger partial charge in [0, 0.05) is 0 Å².